The molecular weight excluding hydrogens is 534 g/mol. The van der Waals surface area contributed by atoms with Gasteiger partial charge in [0.2, 0.25) is 0 Å². The summed E-state index contributed by atoms with van der Waals surface area (Å²) < 4.78 is 40.4. The van der Waals surface area contributed by atoms with E-state index in [4.69, 9.17) is 15.2 Å². The number of rotatable bonds is 9. The largest absolute Gasteiger partial charge is 0.497 e. The maximum atomic E-state index is 13.6. The highest BCUT2D eigenvalue weighted by molar-refractivity contribution is 7.92. The Labute approximate surface area is 229 Å². The minimum absolute atomic E-state index is 0.0387. The number of carbonyl (C=O) groups excluding carboxylic acids is 1. The lowest BCUT2D eigenvalue weighted by atomic mass is 10.1. The van der Waals surface area contributed by atoms with Crippen LogP contribution in [0.4, 0.5) is 17.3 Å². The van der Waals surface area contributed by atoms with Crippen LogP contribution in [0.3, 0.4) is 0 Å². The number of fused-ring (bicyclic) bond motifs is 1. The number of hydrogen-bond acceptors (Lipinski definition) is 10. The van der Waals surface area contributed by atoms with Crippen molar-refractivity contribution < 1.29 is 22.7 Å². The molecule has 2 heterocycles. The van der Waals surface area contributed by atoms with Crippen LogP contribution < -0.4 is 25.2 Å². The smallest absolute Gasteiger partial charge is 0.263 e. The van der Waals surface area contributed by atoms with E-state index in [-0.39, 0.29) is 27.8 Å². The number of sulfonamides is 1. The first-order valence-electron chi connectivity index (χ1n) is 11.8. The SMILES string of the molecule is COc1cc(Nc2nc3ccccc3nc2NS(=O)(=O)c2cccc(-c3nnccc3C(N)=O)c2)cc(OC)c1. The second-order valence-electron chi connectivity index (χ2n) is 8.43. The lowest BCUT2D eigenvalue weighted by molar-refractivity contribution is 0.100. The maximum absolute atomic E-state index is 13.6. The van der Waals surface area contributed by atoms with Crippen LogP contribution in [-0.2, 0) is 10.0 Å². The summed E-state index contributed by atoms with van der Waals surface area (Å²) in [6.45, 7) is 0. The summed E-state index contributed by atoms with van der Waals surface area (Å²) >= 11 is 0. The number of aromatic nitrogens is 4. The normalized spacial score (nSPS) is 11.2. The van der Waals surface area contributed by atoms with Crippen molar-refractivity contribution in [1.29, 1.82) is 0 Å². The second kappa shape index (κ2) is 10.8. The summed E-state index contributed by atoms with van der Waals surface area (Å²) in [6.07, 6.45) is 1.33. The van der Waals surface area contributed by atoms with E-state index >= 15 is 0 Å². The average molecular weight is 558 g/mol. The molecule has 202 valence electrons. The predicted molar refractivity (Wildman–Crippen MR) is 149 cm³/mol. The van der Waals surface area contributed by atoms with Gasteiger partial charge in [0.25, 0.3) is 15.9 Å². The Kier molecular flexibility index (Phi) is 7.12. The predicted octanol–water partition coefficient (Wildman–Crippen LogP) is 3.75. The number of amides is 1. The van der Waals surface area contributed by atoms with Crippen LogP contribution in [0.5, 0.6) is 11.5 Å². The molecule has 5 rings (SSSR count). The van der Waals surface area contributed by atoms with Gasteiger partial charge in [-0.2, -0.15) is 5.10 Å². The first kappa shape index (κ1) is 26.3. The van der Waals surface area contributed by atoms with E-state index in [1.165, 1.54) is 44.7 Å². The van der Waals surface area contributed by atoms with Crippen LogP contribution in [0.1, 0.15) is 10.4 Å². The monoisotopic (exact) mass is 557 g/mol. The van der Waals surface area contributed by atoms with Crippen LogP contribution in [-0.4, -0.2) is 48.7 Å². The van der Waals surface area contributed by atoms with Crippen molar-refractivity contribution in [3.8, 4) is 22.8 Å². The number of nitrogens with zero attached hydrogens (tertiary/aromatic N) is 4. The van der Waals surface area contributed by atoms with E-state index < -0.39 is 15.9 Å². The van der Waals surface area contributed by atoms with Gasteiger partial charge in [-0.25, -0.2) is 18.4 Å². The summed E-state index contributed by atoms with van der Waals surface area (Å²) in [5.41, 5.74) is 7.64. The number of benzene rings is 3. The Morgan fingerprint density at radius 2 is 1.52 bits per heavy atom. The van der Waals surface area contributed by atoms with Crippen molar-refractivity contribution in [2.75, 3.05) is 24.3 Å². The first-order valence-corrected chi connectivity index (χ1v) is 13.3. The Bertz CT molecular complexity index is 1820. The van der Waals surface area contributed by atoms with Crippen molar-refractivity contribution in [2.45, 2.75) is 4.90 Å². The molecule has 0 aliphatic rings. The molecule has 0 bridgehead atoms. The minimum Gasteiger partial charge on any atom is -0.497 e. The third kappa shape index (κ3) is 5.44. The molecule has 0 saturated carbocycles. The van der Waals surface area contributed by atoms with E-state index in [1.807, 2.05) is 0 Å². The first-order chi connectivity index (χ1) is 19.3. The lowest BCUT2D eigenvalue weighted by Crippen LogP contribution is -2.16. The third-order valence-electron chi connectivity index (χ3n) is 5.82. The van der Waals surface area contributed by atoms with E-state index in [1.54, 1.807) is 48.5 Å². The van der Waals surface area contributed by atoms with Gasteiger partial charge in [-0.15, -0.1) is 5.10 Å². The molecule has 13 heteroatoms. The molecule has 0 fully saturated rings. The zero-order chi connectivity index (χ0) is 28.3. The molecule has 4 N–H and O–H groups in total. The van der Waals surface area contributed by atoms with Crippen LogP contribution in [0, 0.1) is 0 Å². The Morgan fingerprint density at radius 3 is 2.17 bits per heavy atom. The highest BCUT2D eigenvalue weighted by atomic mass is 32.2. The maximum Gasteiger partial charge on any atom is 0.263 e. The number of methoxy groups -OCH3 is 2. The zero-order valence-corrected chi connectivity index (χ0v) is 22.1. The van der Waals surface area contributed by atoms with Gasteiger partial charge in [-0.3, -0.25) is 9.52 Å². The molecule has 40 heavy (non-hydrogen) atoms. The minimum atomic E-state index is -4.19. The number of ether oxygens (including phenoxy) is 2. The van der Waals surface area contributed by atoms with E-state index in [0.29, 0.717) is 33.8 Å². The summed E-state index contributed by atoms with van der Waals surface area (Å²) in [5.74, 6) is 0.442. The summed E-state index contributed by atoms with van der Waals surface area (Å²) in [5, 5.41) is 10.9. The molecule has 0 unspecified atom stereocenters. The fraction of sp³-hybridized carbons (Fsp3) is 0.0741. The van der Waals surface area contributed by atoms with Crippen LogP contribution >= 0.6 is 0 Å². The highest BCUT2D eigenvalue weighted by Gasteiger charge is 2.21. The highest BCUT2D eigenvalue weighted by Crippen LogP contribution is 2.32. The zero-order valence-electron chi connectivity index (χ0n) is 21.3. The molecule has 0 radical (unpaired) electrons. The lowest BCUT2D eigenvalue weighted by Gasteiger charge is -2.15. The Morgan fingerprint density at radius 1 is 0.850 bits per heavy atom. The fourth-order valence-electron chi connectivity index (χ4n) is 3.92. The number of hydrogen-bond donors (Lipinski definition) is 3. The van der Waals surface area contributed by atoms with Gasteiger partial charge in [0, 0.05) is 29.4 Å². The Hall–Kier alpha value is -5.30. The number of nitrogens with one attached hydrogen (secondary N) is 2. The molecule has 0 saturated heterocycles. The van der Waals surface area contributed by atoms with Crippen molar-refractivity contribution in [2.24, 2.45) is 5.73 Å². The van der Waals surface area contributed by atoms with Gasteiger partial charge in [-0.1, -0.05) is 24.3 Å². The van der Waals surface area contributed by atoms with Gasteiger partial charge < -0.3 is 20.5 Å². The molecule has 0 aliphatic carbocycles. The molecule has 12 nitrogen and oxygen atoms in total. The van der Waals surface area contributed by atoms with Crippen LogP contribution in [0.25, 0.3) is 22.3 Å². The molecule has 2 aromatic heterocycles. The Balaban J connectivity index is 1.56. The fourth-order valence-corrected chi connectivity index (χ4v) is 4.97. The summed E-state index contributed by atoms with van der Waals surface area (Å²) in [6, 6.07) is 19.5. The summed E-state index contributed by atoms with van der Waals surface area (Å²) in [4.78, 5) is 20.9. The van der Waals surface area contributed by atoms with E-state index in [9.17, 15) is 13.2 Å². The van der Waals surface area contributed by atoms with Crippen molar-refractivity contribution in [3.63, 3.8) is 0 Å². The molecule has 1 amide bonds. The van der Waals surface area contributed by atoms with E-state index in [0.717, 1.165) is 0 Å². The van der Waals surface area contributed by atoms with Crippen molar-refractivity contribution in [1.82, 2.24) is 20.2 Å². The van der Waals surface area contributed by atoms with Gasteiger partial charge in [0.05, 0.1) is 41.9 Å². The molecule has 0 spiro atoms. The third-order valence-corrected chi connectivity index (χ3v) is 7.16. The molecule has 5 aromatic rings. The number of anilines is 3. The topological polar surface area (TPSA) is 171 Å². The van der Waals surface area contributed by atoms with Gasteiger partial charge >= 0.3 is 0 Å². The average Bonchev–Trinajstić information content (AvgIpc) is 2.97. The second-order valence-corrected chi connectivity index (χ2v) is 10.1. The number of para-hydroxylation sites is 2. The number of carbonyl (C=O) groups is 1. The van der Waals surface area contributed by atoms with E-state index in [2.05, 4.69) is 30.2 Å². The van der Waals surface area contributed by atoms with Crippen LogP contribution in [0.2, 0.25) is 0 Å². The van der Waals surface area contributed by atoms with Crippen molar-refractivity contribution in [3.05, 3.63) is 84.6 Å². The summed E-state index contributed by atoms with van der Waals surface area (Å²) in [7, 11) is -1.15. The molecule has 3 aromatic carbocycles. The molecular formula is C27H23N7O5S. The quantitative estimate of drug-likeness (QED) is 0.242. The molecule has 0 aliphatic heterocycles. The van der Waals surface area contributed by atoms with Crippen molar-refractivity contribution >= 4 is 44.3 Å². The standard InChI is InChI=1S/C27H23N7O5S/c1-38-18-13-17(14-19(15-18)39-2)30-26-27(32-23-9-4-3-8-22(23)31-26)34-40(36,37)20-7-5-6-16(12-20)24-21(25(28)35)10-11-29-33-24/h3-15H,1-2H3,(H2,28,35)(H,30,31)(H,32,34). The van der Waals surface area contributed by atoms with Crippen LogP contribution in [0.15, 0.2) is 83.9 Å². The molecule has 0 atom stereocenters. The number of nitrogens with two attached hydrogens (primary N) is 1. The number of primary amides is 1. The van der Waals surface area contributed by atoms with Gasteiger partial charge in [0.1, 0.15) is 17.2 Å². The van der Waals surface area contributed by atoms with Gasteiger partial charge in [-0.05, 0) is 30.3 Å². The van der Waals surface area contributed by atoms with Gasteiger partial charge in [0.15, 0.2) is 11.6 Å².